The summed E-state index contributed by atoms with van der Waals surface area (Å²) in [6.07, 6.45) is 0. The molecule has 0 aliphatic carbocycles. The minimum Gasteiger partial charge on any atom is -0.385 e. The average Bonchev–Trinajstić information content (AvgIpc) is 3.01. The molecule has 0 aliphatic heterocycles. The zero-order chi connectivity index (χ0) is 19.1. The van der Waals surface area contributed by atoms with Gasteiger partial charge in [-0.25, -0.2) is 23.0 Å². The molecule has 4 rings (SSSR count). The van der Waals surface area contributed by atoms with Crippen LogP contribution < -0.4 is 11.3 Å². The third-order valence-electron chi connectivity index (χ3n) is 4.09. The Morgan fingerprint density at radius 2 is 1.85 bits per heavy atom. The largest absolute Gasteiger partial charge is 0.385 e. The highest BCUT2D eigenvalue weighted by Crippen LogP contribution is 2.34. The van der Waals surface area contributed by atoms with Crippen molar-refractivity contribution in [3.05, 3.63) is 81.9 Å². The zero-order valence-electron chi connectivity index (χ0n) is 13.7. The van der Waals surface area contributed by atoms with Crippen molar-refractivity contribution in [3.8, 4) is 22.5 Å². The second-order valence-electron chi connectivity index (χ2n) is 5.81. The second kappa shape index (κ2) is 6.07. The molecular weight excluding hydrogens is 352 g/mol. The molecule has 0 saturated heterocycles. The molecule has 2 aromatic heterocycles. The molecule has 27 heavy (non-hydrogen) atoms. The van der Waals surface area contributed by atoms with Crippen LogP contribution in [0.5, 0.6) is 0 Å². The van der Waals surface area contributed by atoms with Crippen LogP contribution in [0.1, 0.15) is 0 Å². The first-order valence-corrected chi connectivity index (χ1v) is 7.82. The van der Waals surface area contributed by atoms with Crippen LogP contribution in [0.4, 0.5) is 20.3 Å². The molecule has 2 aromatic carbocycles. The van der Waals surface area contributed by atoms with Gasteiger partial charge in [0.15, 0.2) is 5.69 Å². The normalized spacial score (nSPS) is 10.9. The molecule has 0 bridgehead atoms. The molecule has 0 aliphatic rings. The summed E-state index contributed by atoms with van der Waals surface area (Å²) in [5.41, 5.74) is 6.66. The summed E-state index contributed by atoms with van der Waals surface area (Å²) in [6.45, 7) is 7.04. The number of nitrogen functional groups attached to an aromatic ring is 1. The number of anilines is 1. The number of imidazole rings is 1. The molecule has 0 atom stereocenters. The number of benzene rings is 2. The standard InChI is InChI=1S/C19H11F2N5O/c1-23-12-5-2-10(3-6-12)17-18(13-7-4-11(20)8-14(13)21)26-16(27)9-15(22)24-19(26)25-17/h2-9H,22H2,(H,24,25). The van der Waals surface area contributed by atoms with Gasteiger partial charge in [0.25, 0.3) is 5.56 Å². The topological polar surface area (TPSA) is 80.5 Å². The number of nitrogens with one attached hydrogen (secondary N) is 1. The first-order valence-electron chi connectivity index (χ1n) is 7.82. The minimum absolute atomic E-state index is 0.0171. The fourth-order valence-electron chi connectivity index (χ4n) is 2.91. The summed E-state index contributed by atoms with van der Waals surface area (Å²) in [7, 11) is 0. The molecule has 0 unspecified atom stereocenters. The molecule has 3 N–H and O–H groups in total. The molecule has 6 nitrogen and oxygen atoms in total. The lowest BCUT2D eigenvalue weighted by molar-refractivity contribution is 0.585. The Kier molecular flexibility index (Phi) is 3.70. The third-order valence-corrected chi connectivity index (χ3v) is 4.09. The van der Waals surface area contributed by atoms with E-state index in [4.69, 9.17) is 12.3 Å². The maximum Gasteiger partial charge on any atom is 0.261 e. The molecule has 0 fully saturated rings. The molecule has 2 heterocycles. The lowest BCUT2D eigenvalue weighted by atomic mass is 10.0. The van der Waals surface area contributed by atoms with Crippen LogP contribution in [-0.4, -0.2) is 14.4 Å². The van der Waals surface area contributed by atoms with Crippen LogP contribution in [0, 0.1) is 18.2 Å². The van der Waals surface area contributed by atoms with Crippen LogP contribution in [0.25, 0.3) is 33.1 Å². The first-order chi connectivity index (χ1) is 13.0. The lowest BCUT2D eigenvalue weighted by Gasteiger charge is -2.07. The number of rotatable bonds is 2. The molecule has 0 spiro atoms. The van der Waals surface area contributed by atoms with Gasteiger partial charge in [-0.2, -0.15) is 0 Å². The van der Waals surface area contributed by atoms with Gasteiger partial charge in [0.1, 0.15) is 17.5 Å². The Hall–Kier alpha value is -3.99. The van der Waals surface area contributed by atoms with Gasteiger partial charge < -0.3 is 10.7 Å². The highest BCUT2D eigenvalue weighted by Gasteiger charge is 2.21. The molecule has 0 radical (unpaired) electrons. The van der Waals surface area contributed by atoms with Crippen LogP contribution in [0.3, 0.4) is 0 Å². The summed E-state index contributed by atoms with van der Waals surface area (Å²) < 4.78 is 29.1. The van der Waals surface area contributed by atoms with E-state index in [9.17, 15) is 13.6 Å². The predicted molar refractivity (Wildman–Crippen MR) is 97.3 cm³/mol. The van der Waals surface area contributed by atoms with E-state index in [1.165, 1.54) is 10.5 Å². The van der Waals surface area contributed by atoms with Gasteiger partial charge in [0.05, 0.1) is 18.0 Å². The van der Waals surface area contributed by atoms with Gasteiger partial charge in [0, 0.05) is 17.7 Å². The van der Waals surface area contributed by atoms with Gasteiger partial charge in [-0.05, 0) is 17.7 Å². The zero-order valence-corrected chi connectivity index (χ0v) is 13.7. The maximum absolute atomic E-state index is 14.5. The van der Waals surface area contributed by atoms with Crippen LogP contribution in [-0.2, 0) is 0 Å². The van der Waals surface area contributed by atoms with Gasteiger partial charge in [-0.3, -0.25) is 4.79 Å². The van der Waals surface area contributed by atoms with E-state index in [0.717, 1.165) is 18.2 Å². The smallest absolute Gasteiger partial charge is 0.261 e. The summed E-state index contributed by atoms with van der Waals surface area (Å²) >= 11 is 0. The number of aromatic nitrogens is 3. The van der Waals surface area contributed by atoms with Crippen molar-refractivity contribution < 1.29 is 8.78 Å². The summed E-state index contributed by atoms with van der Waals surface area (Å²) in [4.78, 5) is 23.0. The van der Waals surface area contributed by atoms with Crippen molar-refractivity contribution in [2.24, 2.45) is 0 Å². The summed E-state index contributed by atoms with van der Waals surface area (Å²) in [5.74, 6) is -1.32. The quantitative estimate of drug-likeness (QED) is 0.532. The lowest BCUT2D eigenvalue weighted by Crippen LogP contribution is -2.15. The van der Waals surface area contributed by atoms with Gasteiger partial charge in [-0.15, -0.1) is 0 Å². The monoisotopic (exact) mass is 363 g/mol. The van der Waals surface area contributed by atoms with E-state index in [-0.39, 0.29) is 22.9 Å². The molecule has 8 heteroatoms. The van der Waals surface area contributed by atoms with E-state index >= 15 is 0 Å². The number of fused-ring (bicyclic) bond motifs is 1. The number of hydrogen-bond acceptors (Lipinski definition) is 3. The fraction of sp³-hybridized carbons (Fsp3) is 0. The predicted octanol–water partition coefficient (Wildman–Crippen LogP) is 3.77. The van der Waals surface area contributed by atoms with Crippen LogP contribution in [0.2, 0.25) is 0 Å². The summed E-state index contributed by atoms with van der Waals surface area (Å²) in [6, 6.07) is 10.7. The van der Waals surface area contributed by atoms with E-state index < -0.39 is 17.2 Å². The number of aromatic amines is 1. The van der Waals surface area contributed by atoms with Crippen molar-refractivity contribution in [1.82, 2.24) is 14.4 Å². The SMILES string of the molecule is [C-]#[N+]c1ccc(-c2nc3[nH]c(N)cc(=O)n3c2-c2ccc(F)cc2F)cc1. The second-order valence-corrected chi connectivity index (χ2v) is 5.81. The Labute approximate surface area is 151 Å². The molecular formula is C19H11F2N5O. The van der Waals surface area contributed by atoms with Crippen molar-refractivity contribution in [1.29, 1.82) is 0 Å². The highest BCUT2D eigenvalue weighted by atomic mass is 19.1. The third kappa shape index (κ3) is 2.71. The molecule has 4 aromatic rings. The van der Waals surface area contributed by atoms with E-state index in [2.05, 4.69) is 14.8 Å². The fourth-order valence-corrected chi connectivity index (χ4v) is 2.91. The van der Waals surface area contributed by atoms with E-state index in [1.807, 2.05) is 0 Å². The molecule has 0 saturated carbocycles. The van der Waals surface area contributed by atoms with Crippen molar-refractivity contribution in [2.45, 2.75) is 0 Å². The number of H-pyrrole nitrogens is 1. The van der Waals surface area contributed by atoms with Crippen molar-refractivity contribution in [3.63, 3.8) is 0 Å². The minimum atomic E-state index is -0.827. The van der Waals surface area contributed by atoms with Gasteiger partial charge >= 0.3 is 0 Å². The Balaban J connectivity index is 2.10. The highest BCUT2D eigenvalue weighted by molar-refractivity contribution is 5.82. The van der Waals surface area contributed by atoms with E-state index in [1.54, 1.807) is 24.3 Å². The maximum atomic E-state index is 14.5. The molecule has 132 valence electrons. The van der Waals surface area contributed by atoms with Crippen LogP contribution >= 0.6 is 0 Å². The van der Waals surface area contributed by atoms with Gasteiger partial charge in [0.2, 0.25) is 5.78 Å². The summed E-state index contributed by atoms with van der Waals surface area (Å²) in [5, 5.41) is 0. The Bertz CT molecular complexity index is 1280. The number of hydrogen-bond donors (Lipinski definition) is 2. The first kappa shape index (κ1) is 16.5. The molecule has 0 amide bonds. The average molecular weight is 363 g/mol. The van der Waals surface area contributed by atoms with Gasteiger partial charge in [-0.1, -0.05) is 24.3 Å². The number of nitrogens with two attached hydrogens (primary N) is 1. The van der Waals surface area contributed by atoms with Crippen LogP contribution in [0.15, 0.2) is 53.3 Å². The van der Waals surface area contributed by atoms with Crippen molar-refractivity contribution >= 4 is 17.3 Å². The van der Waals surface area contributed by atoms with Crippen molar-refractivity contribution in [2.75, 3.05) is 5.73 Å². The van der Waals surface area contributed by atoms with E-state index in [0.29, 0.717) is 16.9 Å². The Morgan fingerprint density at radius 1 is 1.11 bits per heavy atom. The Morgan fingerprint density at radius 3 is 2.52 bits per heavy atom. The number of nitrogens with zero attached hydrogens (tertiary/aromatic N) is 3. The number of halogens is 2.